The highest BCUT2D eigenvalue weighted by Gasteiger charge is 2.42. The van der Waals surface area contributed by atoms with Gasteiger partial charge >= 0.3 is 0 Å². The molecule has 5 rings (SSSR count). The number of benzene rings is 1. The second-order valence-electron chi connectivity index (χ2n) is 7.35. The molecule has 25 heavy (non-hydrogen) atoms. The summed E-state index contributed by atoms with van der Waals surface area (Å²) in [5, 5.41) is 1.11. The summed E-state index contributed by atoms with van der Waals surface area (Å²) in [6.07, 6.45) is 6.07. The highest BCUT2D eigenvalue weighted by molar-refractivity contribution is 5.87. The first-order valence-corrected chi connectivity index (χ1v) is 9.02. The minimum Gasteiger partial charge on any atom is -0.370 e. The van der Waals surface area contributed by atoms with E-state index < -0.39 is 0 Å². The smallest absolute Gasteiger partial charge is 0.142 e. The summed E-state index contributed by atoms with van der Waals surface area (Å²) in [5.74, 6) is 2.58. The molecule has 1 aliphatic carbocycles. The number of hydrogen-bond donors (Lipinski definition) is 1. The predicted molar refractivity (Wildman–Crippen MR) is 99.8 cm³/mol. The van der Waals surface area contributed by atoms with E-state index >= 15 is 0 Å². The van der Waals surface area contributed by atoms with Crippen LogP contribution in [0.1, 0.15) is 12.8 Å². The van der Waals surface area contributed by atoms with Gasteiger partial charge in [-0.05, 0) is 36.8 Å². The van der Waals surface area contributed by atoms with E-state index in [0.717, 1.165) is 41.8 Å². The molecular weight excluding hydrogens is 310 g/mol. The molecule has 1 aromatic carbocycles. The van der Waals surface area contributed by atoms with E-state index in [9.17, 15) is 0 Å². The van der Waals surface area contributed by atoms with Crippen molar-refractivity contribution < 1.29 is 0 Å². The van der Waals surface area contributed by atoms with Crippen molar-refractivity contribution in [3.05, 3.63) is 48.9 Å². The Bertz CT molecular complexity index is 860. The standard InChI is InChI=1S/C20H22N5/c1-24(20-18-7-8-21-19(18)22-13-23-20)17-9-14-11-25(12-15(14)10-17)16-5-3-2-4-6-16/h2-5,7-8,13-15,17H,9-12H2,1H3,(H,21,22,23)/t14-,15+,17-. The number of hydrogen-bond acceptors (Lipinski definition) is 4. The van der Waals surface area contributed by atoms with E-state index in [1.807, 2.05) is 18.3 Å². The molecule has 1 radical (unpaired) electrons. The Balaban J connectivity index is 1.32. The third-order valence-electron chi connectivity index (χ3n) is 5.97. The fourth-order valence-electron chi connectivity index (χ4n) is 4.67. The Labute approximate surface area is 147 Å². The maximum Gasteiger partial charge on any atom is 0.142 e. The zero-order valence-corrected chi connectivity index (χ0v) is 14.4. The summed E-state index contributed by atoms with van der Waals surface area (Å²) in [6.45, 7) is 2.30. The van der Waals surface area contributed by atoms with E-state index in [1.165, 1.54) is 18.5 Å². The van der Waals surface area contributed by atoms with E-state index in [4.69, 9.17) is 0 Å². The fourth-order valence-corrected chi connectivity index (χ4v) is 4.67. The summed E-state index contributed by atoms with van der Waals surface area (Å²) in [5.41, 5.74) is 2.16. The molecule has 3 atom stereocenters. The van der Waals surface area contributed by atoms with Crippen molar-refractivity contribution in [2.75, 3.05) is 29.9 Å². The highest BCUT2D eigenvalue weighted by atomic mass is 15.2. The number of nitrogens with one attached hydrogen (secondary N) is 1. The van der Waals surface area contributed by atoms with Gasteiger partial charge in [0.15, 0.2) is 0 Å². The van der Waals surface area contributed by atoms with Crippen LogP contribution in [-0.4, -0.2) is 41.1 Å². The van der Waals surface area contributed by atoms with Gasteiger partial charge in [0.05, 0.1) is 5.39 Å². The van der Waals surface area contributed by atoms with Crippen LogP contribution >= 0.6 is 0 Å². The van der Waals surface area contributed by atoms with Gasteiger partial charge in [0, 0.05) is 44.1 Å². The van der Waals surface area contributed by atoms with E-state index in [2.05, 4.69) is 56.1 Å². The van der Waals surface area contributed by atoms with Crippen LogP contribution in [0.4, 0.5) is 11.5 Å². The number of rotatable bonds is 3. The largest absolute Gasteiger partial charge is 0.370 e. The zero-order valence-electron chi connectivity index (χ0n) is 14.4. The molecule has 0 bridgehead atoms. The second-order valence-corrected chi connectivity index (χ2v) is 7.35. The third-order valence-corrected chi connectivity index (χ3v) is 5.97. The van der Waals surface area contributed by atoms with Crippen molar-refractivity contribution in [1.29, 1.82) is 0 Å². The first-order chi connectivity index (χ1) is 12.3. The normalized spacial score (nSPS) is 25.5. The first kappa shape index (κ1) is 14.8. The summed E-state index contributed by atoms with van der Waals surface area (Å²) in [4.78, 5) is 16.9. The summed E-state index contributed by atoms with van der Waals surface area (Å²) >= 11 is 0. The van der Waals surface area contributed by atoms with Crippen LogP contribution in [0.25, 0.3) is 11.0 Å². The molecule has 0 spiro atoms. The highest BCUT2D eigenvalue weighted by Crippen LogP contribution is 2.42. The van der Waals surface area contributed by atoms with E-state index in [1.54, 1.807) is 6.33 Å². The van der Waals surface area contributed by atoms with Gasteiger partial charge in [-0.15, -0.1) is 0 Å². The van der Waals surface area contributed by atoms with E-state index in [-0.39, 0.29) is 0 Å². The molecule has 127 valence electrons. The molecule has 0 amide bonds. The molecular formula is C20H22N5. The predicted octanol–water partition coefficient (Wildman–Crippen LogP) is 3.11. The van der Waals surface area contributed by atoms with E-state index in [0.29, 0.717) is 6.04 Å². The average Bonchev–Trinajstić information content (AvgIpc) is 3.35. The summed E-state index contributed by atoms with van der Waals surface area (Å²) in [7, 11) is 2.18. The van der Waals surface area contributed by atoms with Crippen molar-refractivity contribution in [3.8, 4) is 0 Å². The molecule has 5 heteroatoms. The Hall–Kier alpha value is -2.56. The number of aromatic amines is 1. The molecule has 2 aromatic heterocycles. The average molecular weight is 332 g/mol. The SMILES string of the molecule is CN(c1ncnc2[nH]ccc12)[C@@H]1C[C@@H]2CN(c3[c]cccc3)C[C@@H]2C1. The van der Waals surface area contributed by atoms with Crippen LogP contribution in [-0.2, 0) is 0 Å². The number of aromatic nitrogens is 3. The minimum atomic E-state index is 0.560. The molecule has 0 unspecified atom stereocenters. The van der Waals surface area contributed by atoms with Gasteiger partial charge < -0.3 is 14.8 Å². The van der Waals surface area contributed by atoms with Crippen molar-refractivity contribution in [1.82, 2.24) is 15.0 Å². The van der Waals surface area contributed by atoms with Gasteiger partial charge in [0.25, 0.3) is 0 Å². The lowest BCUT2D eigenvalue weighted by molar-refractivity contribution is 0.494. The maximum atomic E-state index is 4.56. The lowest BCUT2D eigenvalue weighted by Crippen LogP contribution is -2.32. The number of H-pyrrole nitrogens is 1. The molecule has 1 saturated heterocycles. The van der Waals surface area contributed by atoms with Crippen molar-refractivity contribution in [2.45, 2.75) is 18.9 Å². The van der Waals surface area contributed by atoms with Gasteiger partial charge in [0.2, 0.25) is 0 Å². The Kier molecular flexibility index (Phi) is 3.40. The first-order valence-electron chi connectivity index (χ1n) is 9.02. The van der Waals surface area contributed by atoms with Crippen LogP contribution in [0.3, 0.4) is 0 Å². The molecule has 5 nitrogen and oxygen atoms in total. The van der Waals surface area contributed by atoms with Crippen LogP contribution < -0.4 is 9.80 Å². The number of fused-ring (bicyclic) bond motifs is 2. The number of nitrogens with zero attached hydrogens (tertiary/aromatic N) is 4. The minimum absolute atomic E-state index is 0.560. The quantitative estimate of drug-likeness (QED) is 0.801. The van der Waals surface area contributed by atoms with Crippen LogP contribution in [0.5, 0.6) is 0 Å². The lowest BCUT2D eigenvalue weighted by Gasteiger charge is -2.28. The van der Waals surface area contributed by atoms with Crippen molar-refractivity contribution in [2.24, 2.45) is 11.8 Å². The molecule has 2 aliphatic rings. The monoisotopic (exact) mass is 332 g/mol. The Morgan fingerprint density at radius 2 is 2.00 bits per heavy atom. The van der Waals surface area contributed by atoms with Crippen molar-refractivity contribution >= 4 is 22.5 Å². The second kappa shape index (κ2) is 5.76. The maximum absolute atomic E-state index is 4.56. The molecule has 1 saturated carbocycles. The van der Waals surface area contributed by atoms with Crippen LogP contribution in [0, 0.1) is 17.9 Å². The van der Waals surface area contributed by atoms with Gasteiger partial charge in [-0.25, -0.2) is 9.97 Å². The number of anilines is 2. The molecule has 1 aliphatic heterocycles. The van der Waals surface area contributed by atoms with Gasteiger partial charge in [0.1, 0.15) is 17.8 Å². The molecule has 3 heterocycles. The Morgan fingerprint density at radius 3 is 2.76 bits per heavy atom. The molecule has 1 N–H and O–H groups in total. The number of para-hydroxylation sites is 1. The molecule has 3 aromatic rings. The van der Waals surface area contributed by atoms with Gasteiger partial charge in [-0.1, -0.05) is 18.2 Å². The summed E-state index contributed by atoms with van der Waals surface area (Å²) < 4.78 is 0. The lowest BCUT2D eigenvalue weighted by atomic mass is 10.0. The fraction of sp³-hybridized carbons (Fsp3) is 0.400. The molecule has 2 fully saturated rings. The topological polar surface area (TPSA) is 48.1 Å². The zero-order chi connectivity index (χ0) is 16.8. The third kappa shape index (κ3) is 2.46. The van der Waals surface area contributed by atoms with Crippen LogP contribution in [0.15, 0.2) is 42.9 Å². The Morgan fingerprint density at radius 1 is 1.16 bits per heavy atom. The van der Waals surface area contributed by atoms with Crippen molar-refractivity contribution in [3.63, 3.8) is 0 Å². The van der Waals surface area contributed by atoms with Gasteiger partial charge in [-0.3, -0.25) is 0 Å². The van der Waals surface area contributed by atoms with Crippen LogP contribution in [0.2, 0.25) is 0 Å². The van der Waals surface area contributed by atoms with Gasteiger partial charge in [-0.2, -0.15) is 0 Å². The summed E-state index contributed by atoms with van der Waals surface area (Å²) in [6, 6.07) is 14.3.